The smallest absolute Gasteiger partial charge is 0.233 e. The van der Waals surface area contributed by atoms with Gasteiger partial charge in [-0.15, -0.1) is 0 Å². The Balaban J connectivity index is 1.26. The van der Waals surface area contributed by atoms with Crippen molar-refractivity contribution in [1.82, 2.24) is 29.5 Å². The summed E-state index contributed by atoms with van der Waals surface area (Å²) in [5.41, 5.74) is 1.86. The van der Waals surface area contributed by atoms with E-state index in [-0.39, 0.29) is 24.9 Å². The Labute approximate surface area is 227 Å². The number of anilines is 1. The second-order valence-electron chi connectivity index (χ2n) is 11.0. The number of carbonyl (C=O) groups is 1. The van der Waals surface area contributed by atoms with Crippen LogP contribution < -0.4 is 4.90 Å². The van der Waals surface area contributed by atoms with Crippen molar-refractivity contribution in [2.24, 2.45) is 5.41 Å². The van der Waals surface area contributed by atoms with Crippen molar-refractivity contribution in [2.75, 3.05) is 58.4 Å². The Morgan fingerprint density at radius 1 is 1.08 bits per heavy atom. The van der Waals surface area contributed by atoms with E-state index < -0.39 is 11.7 Å². The second kappa shape index (κ2) is 10.3. The second-order valence-corrected chi connectivity index (χ2v) is 11.0. The fourth-order valence-electron chi connectivity index (χ4n) is 5.06. The number of amides is 1. The molecule has 3 aliphatic rings. The van der Waals surface area contributed by atoms with Crippen LogP contribution in [0.3, 0.4) is 0 Å². The summed E-state index contributed by atoms with van der Waals surface area (Å²) in [6.07, 6.45) is 3.26. The number of likely N-dealkylation sites (N-methyl/N-ethyl adjacent to an activating group) is 1. The molecule has 0 bridgehead atoms. The van der Waals surface area contributed by atoms with Gasteiger partial charge < -0.3 is 24.2 Å². The van der Waals surface area contributed by atoms with E-state index in [4.69, 9.17) is 19.6 Å². The highest BCUT2D eigenvalue weighted by molar-refractivity contribution is 5.83. The molecule has 11 heteroatoms. The molecule has 1 amide bonds. The molecule has 1 aromatic carbocycles. The average molecular weight is 536 g/mol. The zero-order valence-corrected chi connectivity index (χ0v) is 22.6. The van der Waals surface area contributed by atoms with Gasteiger partial charge in [0, 0.05) is 45.5 Å². The molecule has 1 saturated carbocycles. The van der Waals surface area contributed by atoms with Gasteiger partial charge in [-0.3, -0.25) is 4.79 Å². The number of piperazine rings is 1. The lowest BCUT2D eigenvalue weighted by molar-refractivity contribution is -0.233. The van der Waals surface area contributed by atoms with Gasteiger partial charge in [-0.1, -0.05) is 0 Å². The van der Waals surface area contributed by atoms with Crippen LogP contribution in [0.5, 0.6) is 0 Å². The SMILES string of the molecule is CN1CCN(C(=O)C2(C)COC(c3cc(-c4ccnc(N(C)C5CC5)n4)n(-c4ccc(F)cc4)n3)OC2)CC1. The molecule has 10 nitrogen and oxygen atoms in total. The first-order chi connectivity index (χ1) is 18.8. The summed E-state index contributed by atoms with van der Waals surface area (Å²) in [4.78, 5) is 28.8. The van der Waals surface area contributed by atoms with E-state index in [0.717, 1.165) is 25.9 Å². The molecule has 2 aromatic heterocycles. The largest absolute Gasteiger partial charge is 0.346 e. The Morgan fingerprint density at radius 2 is 1.77 bits per heavy atom. The monoisotopic (exact) mass is 535 g/mol. The van der Waals surface area contributed by atoms with Gasteiger partial charge in [0.25, 0.3) is 0 Å². The minimum atomic E-state index is -0.760. The van der Waals surface area contributed by atoms with Crippen molar-refractivity contribution < 1.29 is 18.7 Å². The standard InChI is InChI=1S/C28H34FN7O3/c1-28(26(37)35-14-12-33(2)13-15-35)17-38-25(39-18-28)23-16-24(36(32-23)21-6-4-19(29)5-7-21)22-10-11-30-27(31-22)34(3)20-8-9-20/h4-7,10-11,16,20,25H,8-9,12-15,17-18H2,1-3H3. The molecule has 6 rings (SSSR count). The molecule has 39 heavy (non-hydrogen) atoms. The maximum Gasteiger partial charge on any atom is 0.233 e. The average Bonchev–Trinajstić information content (AvgIpc) is 3.72. The summed E-state index contributed by atoms with van der Waals surface area (Å²) >= 11 is 0. The maximum absolute atomic E-state index is 13.7. The zero-order chi connectivity index (χ0) is 27.1. The molecule has 2 aliphatic heterocycles. The fraction of sp³-hybridized carbons (Fsp3) is 0.500. The van der Waals surface area contributed by atoms with Gasteiger partial charge in [-0.2, -0.15) is 5.10 Å². The van der Waals surface area contributed by atoms with E-state index in [1.54, 1.807) is 23.0 Å². The van der Waals surface area contributed by atoms with Gasteiger partial charge in [0.1, 0.15) is 11.5 Å². The summed E-state index contributed by atoms with van der Waals surface area (Å²) in [5, 5.41) is 4.79. The van der Waals surface area contributed by atoms with Crippen LogP contribution in [-0.2, 0) is 14.3 Å². The van der Waals surface area contributed by atoms with Gasteiger partial charge in [-0.05, 0) is 63.2 Å². The maximum atomic E-state index is 13.7. The Hall–Kier alpha value is -3.41. The van der Waals surface area contributed by atoms with Crippen LogP contribution in [0, 0.1) is 11.2 Å². The van der Waals surface area contributed by atoms with Crippen LogP contribution >= 0.6 is 0 Å². The topological polar surface area (TPSA) is 88.9 Å². The molecular formula is C28H34FN7O3. The Kier molecular flexibility index (Phi) is 6.82. The van der Waals surface area contributed by atoms with Crippen LogP contribution in [0.15, 0.2) is 42.6 Å². The van der Waals surface area contributed by atoms with E-state index in [1.165, 1.54) is 12.1 Å². The quantitative estimate of drug-likeness (QED) is 0.476. The highest BCUT2D eigenvalue weighted by Crippen LogP contribution is 2.35. The van der Waals surface area contributed by atoms with Crippen LogP contribution in [0.25, 0.3) is 17.1 Å². The van der Waals surface area contributed by atoms with Crippen molar-refractivity contribution >= 4 is 11.9 Å². The minimum absolute atomic E-state index is 0.0554. The number of rotatable bonds is 6. The van der Waals surface area contributed by atoms with Crippen LogP contribution in [0.2, 0.25) is 0 Å². The van der Waals surface area contributed by atoms with Crippen LogP contribution in [-0.4, -0.2) is 95.0 Å². The molecule has 0 atom stereocenters. The third kappa shape index (κ3) is 5.26. The number of benzene rings is 1. The van der Waals surface area contributed by atoms with Gasteiger partial charge in [0.05, 0.1) is 35.7 Å². The van der Waals surface area contributed by atoms with E-state index in [9.17, 15) is 9.18 Å². The lowest BCUT2D eigenvalue weighted by Gasteiger charge is -2.41. The van der Waals surface area contributed by atoms with E-state index in [2.05, 4.69) is 21.8 Å². The molecule has 1 aliphatic carbocycles. The van der Waals surface area contributed by atoms with Crippen molar-refractivity contribution in [3.63, 3.8) is 0 Å². The molecule has 3 aromatic rings. The molecular weight excluding hydrogens is 501 g/mol. The predicted octanol–water partition coefficient (Wildman–Crippen LogP) is 2.89. The van der Waals surface area contributed by atoms with Crippen LogP contribution in [0.1, 0.15) is 31.7 Å². The van der Waals surface area contributed by atoms with Crippen molar-refractivity contribution in [3.8, 4) is 17.1 Å². The number of carbonyl (C=O) groups excluding carboxylic acids is 1. The molecule has 0 spiro atoms. The normalized spacial score (nSPS) is 24.1. The molecule has 4 heterocycles. The third-order valence-corrected chi connectivity index (χ3v) is 7.77. The number of hydrogen-bond acceptors (Lipinski definition) is 8. The molecule has 0 radical (unpaired) electrons. The number of ether oxygens (including phenoxy) is 2. The van der Waals surface area contributed by atoms with Crippen molar-refractivity contribution in [3.05, 3.63) is 54.1 Å². The molecule has 0 unspecified atom stereocenters. The zero-order valence-electron chi connectivity index (χ0n) is 22.6. The van der Waals surface area contributed by atoms with Crippen molar-refractivity contribution in [2.45, 2.75) is 32.1 Å². The first kappa shape index (κ1) is 25.8. The first-order valence-electron chi connectivity index (χ1n) is 13.4. The molecule has 2 saturated heterocycles. The van der Waals surface area contributed by atoms with E-state index in [1.807, 2.05) is 31.0 Å². The predicted molar refractivity (Wildman–Crippen MR) is 143 cm³/mol. The van der Waals surface area contributed by atoms with Gasteiger partial charge >= 0.3 is 0 Å². The minimum Gasteiger partial charge on any atom is -0.346 e. The summed E-state index contributed by atoms with van der Waals surface area (Å²) in [7, 11) is 4.07. The van der Waals surface area contributed by atoms with Gasteiger partial charge in [-0.25, -0.2) is 19.0 Å². The number of aromatic nitrogens is 4. The fourth-order valence-corrected chi connectivity index (χ4v) is 5.06. The lowest BCUT2D eigenvalue weighted by atomic mass is 9.89. The number of halogens is 1. The summed E-state index contributed by atoms with van der Waals surface area (Å²) in [6, 6.07) is 10.3. The third-order valence-electron chi connectivity index (χ3n) is 7.77. The van der Waals surface area contributed by atoms with Crippen LogP contribution in [0.4, 0.5) is 10.3 Å². The summed E-state index contributed by atoms with van der Waals surface area (Å²) < 4.78 is 27.7. The van der Waals surface area contributed by atoms with Gasteiger partial charge in [0.15, 0.2) is 0 Å². The number of nitrogens with zero attached hydrogens (tertiary/aromatic N) is 7. The Morgan fingerprint density at radius 3 is 2.44 bits per heavy atom. The highest BCUT2D eigenvalue weighted by atomic mass is 19.1. The van der Waals surface area contributed by atoms with E-state index in [0.29, 0.717) is 47.8 Å². The summed E-state index contributed by atoms with van der Waals surface area (Å²) in [6.45, 7) is 5.48. The van der Waals surface area contributed by atoms with Gasteiger partial charge in [0.2, 0.25) is 18.1 Å². The number of hydrogen-bond donors (Lipinski definition) is 0. The molecule has 3 fully saturated rings. The highest BCUT2D eigenvalue weighted by Gasteiger charge is 2.43. The Bertz CT molecular complexity index is 1330. The molecule has 206 valence electrons. The summed E-state index contributed by atoms with van der Waals surface area (Å²) in [5.74, 6) is 0.373. The van der Waals surface area contributed by atoms with Crippen molar-refractivity contribution in [1.29, 1.82) is 0 Å². The van der Waals surface area contributed by atoms with E-state index >= 15 is 0 Å². The lowest BCUT2D eigenvalue weighted by Crippen LogP contribution is -2.55. The first-order valence-corrected chi connectivity index (χ1v) is 13.4. The molecule has 0 N–H and O–H groups in total.